The number of hydrogen-bond donors (Lipinski definition) is 1. The van der Waals surface area contributed by atoms with Crippen molar-refractivity contribution in [2.45, 2.75) is 32.2 Å². The lowest BCUT2D eigenvalue weighted by Gasteiger charge is -2.28. The third-order valence-electron chi connectivity index (χ3n) is 4.22. The van der Waals surface area contributed by atoms with Gasteiger partial charge in [0.15, 0.2) is 0 Å². The first-order valence-corrected chi connectivity index (χ1v) is 7.77. The molecule has 1 saturated heterocycles. The van der Waals surface area contributed by atoms with Crippen LogP contribution in [0.1, 0.15) is 37.8 Å². The van der Waals surface area contributed by atoms with Gasteiger partial charge in [0.2, 0.25) is 11.8 Å². The van der Waals surface area contributed by atoms with Crippen LogP contribution in [0.25, 0.3) is 0 Å². The highest BCUT2D eigenvalue weighted by Crippen LogP contribution is 2.38. The zero-order valence-corrected chi connectivity index (χ0v) is 13.5. The molecule has 0 aromatic heterocycles. The van der Waals surface area contributed by atoms with Crippen LogP contribution in [-0.2, 0) is 9.59 Å². The fourth-order valence-corrected chi connectivity index (χ4v) is 3.02. The summed E-state index contributed by atoms with van der Waals surface area (Å²) in [6.07, 6.45) is 2.24. The minimum Gasteiger partial charge on any atom is -0.497 e. The van der Waals surface area contributed by atoms with Crippen molar-refractivity contribution in [1.82, 2.24) is 10.2 Å². The largest absolute Gasteiger partial charge is 0.497 e. The second kappa shape index (κ2) is 7.29. The molecule has 1 aromatic carbocycles. The SMILES string of the molecule is CCCCN1C(=O)C[C@H](C(=O)NC)[C@H]1c1ccc(OC)cc1. The van der Waals surface area contributed by atoms with Gasteiger partial charge in [0.05, 0.1) is 19.1 Å². The first kappa shape index (κ1) is 16.3. The molecule has 2 amide bonds. The van der Waals surface area contributed by atoms with Crippen molar-refractivity contribution in [1.29, 1.82) is 0 Å². The first-order chi connectivity index (χ1) is 10.6. The molecule has 1 N–H and O–H groups in total. The Balaban J connectivity index is 2.32. The van der Waals surface area contributed by atoms with E-state index >= 15 is 0 Å². The van der Waals surface area contributed by atoms with Crippen molar-refractivity contribution in [2.75, 3.05) is 20.7 Å². The molecule has 0 aliphatic carbocycles. The van der Waals surface area contributed by atoms with Crippen LogP contribution in [0.5, 0.6) is 5.75 Å². The summed E-state index contributed by atoms with van der Waals surface area (Å²) >= 11 is 0. The smallest absolute Gasteiger partial charge is 0.225 e. The van der Waals surface area contributed by atoms with Gasteiger partial charge in [-0.25, -0.2) is 0 Å². The van der Waals surface area contributed by atoms with Gasteiger partial charge in [-0.2, -0.15) is 0 Å². The lowest BCUT2D eigenvalue weighted by atomic mass is 9.92. The Bertz CT molecular complexity index is 527. The number of carbonyl (C=O) groups is 2. The zero-order chi connectivity index (χ0) is 16.1. The summed E-state index contributed by atoms with van der Waals surface area (Å²) in [6, 6.07) is 7.44. The molecule has 2 atom stereocenters. The number of likely N-dealkylation sites (tertiary alicyclic amines) is 1. The van der Waals surface area contributed by atoms with E-state index in [0.717, 1.165) is 24.2 Å². The fourth-order valence-electron chi connectivity index (χ4n) is 3.02. The van der Waals surface area contributed by atoms with Gasteiger partial charge in [0, 0.05) is 20.0 Å². The average Bonchev–Trinajstić information content (AvgIpc) is 2.88. The third kappa shape index (κ3) is 3.24. The second-order valence-electron chi connectivity index (χ2n) is 5.58. The molecule has 120 valence electrons. The molecule has 1 fully saturated rings. The summed E-state index contributed by atoms with van der Waals surface area (Å²) < 4.78 is 5.18. The second-order valence-corrected chi connectivity index (χ2v) is 5.58. The van der Waals surface area contributed by atoms with Crippen LogP contribution in [0.15, 0.2) is 24.3 Å². The molecular formula is C17H24N2O3. The number of benzene rings is 1. The molecule has 1 aliphatic rings. The number of nitrogens with one attached hydrogen (secondary N) is 1. The lowest BCUT2D eigenvalue weighted by molar-refractivity contribution is -0.129. The molecule has 22 heavy (non-hydrogen) atoms. The number of hydrogen-bond acceptors (Lipinski definition) is 3. The third-order valence-corrected chi connectivity index (χ3v) is 4.22. The van der Waals surface area contributed by atoms with Gasteiger partial charge in [-0.3, -0.25) is 9.59 Å². The quantitative estimate of drug-likeness (QED) is 0.876. The monoisotopic (exact) mass is 304 g/mol. The Morgan fingerprint density at radius 2 is 2.05 bits per heavy atom. The van der Waals surface area contributed by atoms with Gasteiger partial charge < -0.3 is 15.0 Å². The molecule has 5 heteroatoms. The van der Waals surface area contributed by atoms with Crippen molar-refractivity contribution < 1.29 is 14.3 Å². The molecule has 5 nitrogen and oxygen atoms in total. The van der Waals surface area contributed by atoms with Gasteiger partial charge in [-0.1, -0.05) is 25.5 Å². The Labute approximate surface area is 131 Å². The van der Waals surface area contributed by atoms with E-state index in [1.54, 1.807) is 14.2 Å². The van der Waals surface area contributed by atoms with E-state index in [1.807, 2.05) is 29.2 Å². The molecule has 1 aromatic rings. The minimum absolute atomic E-state index is 0.0582. The predicted molar refractivity (Wildman–Crippen MR) is 84.5 cm³/mol. The van der Waals surface area contributed by atoms with Gasteiger partial charge in [0.25, 0.3) is 0 Å². The first-order valence-electron chi connectivity index (χ1n) is 7.77. The minimum atomic E-state index is -0.331. The van der Waals surface area contributed by atoms with E-state index in [4.69, 9.17) is 4.74 Å². The van der Waals surface area contributed by atoms with Gasteiger partial charge in [-0.15, -0.1) is 0 Å². The molecule has 1 aliphatic heterocycles. The highest BCUT2D eigenvalue weighted by molar-refractivity contribution is 5.90. The molecule has 0 radical (unpaired) electrons. The van der Waals surface area contributed by atoms with Crippen molar-refractivity contribution in [3.63, 3.8) is 0 Å². The summed E-state index contributed by atoms with van der Waals surface area (Å²) in [6.45, 7) is 2.79. The highest BCUT2D eigenvalue weighted by atomic mass is 16.5. The molecule has 0 spiro atoms. The van der Waals surface area contributed by atoms with Gasteiger partial charge >= 0.3 is 0 Å². The molecule has 0 unspecified atom stereocenters. The number of methoxy groups -OCH3 is 1. The van der Waals surface area contributed by atoms with E-state index in [-0.39, 0.29) is 30.2 Å². The molecular weight excluding hydrogens is 280 g/mol. The predicted octanol–water partition coefficient (Wildman–Crippen LogP) is 2.13. The average molecular weight is 304 g/mol. The summed E-state index contributed by atoms with van der Waals surface area (Å²) in [5, 5.41) is 2.68. The number of ether oxygens (including phenoxy) is 1. The maximum absolute atomic E-state index is 12.3. The molecule has 0 saturated carbocycles. The standard InChI is InChI=1S/C17H24N2O3/c1-4-5-10-19-15(20)11-14(17(21)18-2)16(19)12-6-8-13(22-3)9-7-12/h6-9,14,16H,4-5,10-11H2,1-3H3,(H,18,21)/t14-,16+/m0/s1. The number of rotatable bonds is 6. The Morgan fingerprint density at radius 1 is 1.36 bits per heavy atom. The maximum Gasteiger partial charge on any atom is 0.225 e. The molecule has 1 heterocycles. The van der Waals surface area contributed by atoms with Gasteiger partial charge in [0.1, 0.15) is 5.75 Å². The van der Waals surface area contributed by atoms with E-state index in [0.29, 0.717) is 6.54 Å². The number of unbranched alkanes of at least 4 members (excludes halogenated alkanes) is 1. The van der Waals surface area contributed by atoms with Crippen LogP contribution in [0.3, 0.4) is 0 Å². The maximum atomic E-state index is 12.3. The normalized spacial score (nSPS) is 21.0. The van der Waals surface area contributed by atoms with Crippen molar-refractivity contribution in [3.8, 4) is 5.75 Å². The summed E-state index contributed by atoms with van der Waals surface area (Å²) in [5.41, 5.74) is 0.983. The Hall–Kier alpha value is -2.04. The lowest BCUT2D eigenvalue weighted by Crippen LogP contribution is -2.34. The number of nitrogens with zero attached hydrogens (tertiary/aromatic N) is 1. The van der Waals surface area contributed by atoms with Crippen LogP contribution in [0.2, 0.25) is 0 Å². The van der Waals surface area contributed by atoms with Crippen molar-refractivity contribution >= 4 is 11.8 Å². The molecule has 0 bridgehead atoms. The van der Waals surface area contributed by atoms with E-state index in [2.05, 4.69) is 12.2 Å². The van der Waals surface area contributed by atoms with E-state index in [1.165, 1.54) is 0 Å². The topological polar surface area (TPSA) is 58.6 Å². The molecule has 2 rings (SSSR count). The number of amides is 2. The van der Waals surface area contributed by atoms with E-state index < -0.39 is 0 Å². The highest BCUT2D eigenvalue weighted by Gasteiger charge is 2.43. The zero-order valence-electron chi connectivity index (χ0n) is 13.5. The van der Waals surface area contributed by atoms with E-state index in [9.17, 15) is 9.59 Å². The van der Waals surface area contributed by atoms with Crippen LogP contribution >= 0.6 is 0 Å². The van der Waals surface area contributed by atoms with Crippen molar-refractivity contribution in [3.05, 3.63) is 29.8 Å². The Kier molecular flexibility index (Phi) is 5.41. The van der Waals surface area contributed by atoms with Crippen LogP contribution in [0, 0.1) is 5.92 Å². The van der Waals surface area contributed by atoms with Gasteiger partial charge in [-0.05, 0) is 24.1 Å². The van der Waals surface area contributed by atoms with Crippen LogP contribution < -0.4 is 10.1 Å². The number of carbonyl (C=O) groups excluding carboxylic acids is 2. The summed E-state index contributed by atoms with van der Waals surface area (Å²) in [5.74, 6) is 0.420. The van der Waals surface area contributed by atoms with Crippen LogP contribution in [-0.4, -0.2) is 37.4 Å². The fraction of sp³-hybridized carbons (Fsp3) is 0.529. The Morgan fingerprint density at radius 3 is 2.59 bits per heavy atom. The summed E-state index contributed by atoms with van der Waals surface area (Å²) in [4.78, 5) is 26.4. The van der Waals surface area contributed by atoms with Crippen LogP contribution in [0.4, 0.5) is 0 Å². The van der Waals surface area contributed by atoms with Crippen molar-refractivity contribution in [2.24, 2.45) is 5.92 Å². The summed E-state index contributed by atoms with van der Waals surface area (Å²) in [7, 11) is 3.24.